The quantitative estimate of drug-likeness (QED) is 0.572. The zero-order valence-corrected chi connectivity index (χ0v) is 21.2. The van der Waals surface area contributed by atoms with Crippen LogP contribution < -0.4 is 14.2 Å². The zero-order chi connectivity index (χ0) is 25.7. The fourth-order valence-electron chi connectivity index (χ4n) is 5.28. The highest BCUT2D eigenvalue weighted by Crippen LogP contribution is 2.36. The maximum Gasteiger partial charge on any atom is 0.303 e. The first-order valence-corrected chi connectivity index (χ1v) is 12.3. The van der Waals surface area contributed by atoms with Gasteiger partial charge in [-0.15, -0.1) is 0 Å². The van der Waals surface area contributed by atoms with E-state index < -0.39 is 5.97 Å². The molecule has 0 saturated carbocycles. The third kappa shape index (κ3) is 5.80. The number of fused-ring (bicyclic) bond motifs is 1. The monoisotopic (exact) mass is 494 g/mol. The molecule has 192 valence electrons. The number of carbonyl (C=O) groups excluding carboxylic acids is 1. The van der Waals surface area contributed by atoms with Gasteiger partial charge in [-0.2, -0.15) is 0 Å². The summed E-state index contributed by atoms with van der Waals surface area (Å²) < 4.78 is 16.2. The number of methoxy groups -OCH3 is 3. The van der Waals surface area contributed by atoms with Gasteiger partial charge >= 0.3 is 5.97 Å². The molecule has 2 aliphatic rings. The van der Waals surface area contributed by atoms with Crippen molar-refractivity contribution in [3.63, 3.8) is 0 Å². The molecule has 2 aliphatic heterocycles. The highest BCUT2D eigenvalue weighted by molar-refractivity contribution is 6.03. The number of carbonyl (C=O) groups is 2. The second kappa shape index (κ2) is 11.5. The second-order valence-corrected chi connectivity index (χ2v) is 9.42. The molecule has 2 aromatic rings. The molecule has 36 heavy (non-hydrogen) atoms. The van der Waals surface area contributed by atoms with E-state index in [-0.39, 0.29) is 24.2 Å². The van der Waals surface area contributed by atoms with Crippen molar-refractivity contribution < 1.29 is 28.9 Å². The third-order valence-corrected chi connectivity index (χ3v) is 7.25. The Morgan fingerprint density at radius 2 is 1.75 bits per heavy atom. The number of amides is 1. The van der Waals surface area contributed by atoms with E-state index in [0.29, 0.717) is 50.4 Å². The van der Waals surface area contributed by atoms with Gasteiger partial charge in [0.25, 0.3) is 0 Å². The van der Waals surface area contributed by atoms with Gasteiger partial charge in [0.2, 0.25) is 5.91 Å². The van der Waals surface area contributed by atoms with E-state index >= 15 is 0 Å². The minimum Gasteiger partial charge on any atom is -0.497 e. The predicted molar refractivity (Wildman–Crippen MR) is 136 cm³/mol. The Hall–Kier alpha value is -3.55. The summed E-state index contributed by atoms with van der Waals surface area (Å²) in [6, 6.07) is 11.5. The molecule has 2 atom stereocenters. The molecule has 1 N–H and O–H groups in total. The van der Waals surface area contributed by atoms with Gasteiger partial charge in [0.15, 0.2) is 11.5 Å². The van der Waals surface area contributed by atoms with Gasteiger partial charge in [0.1, 0.15) is 5.75 Å². The van der Waals surface area contributed by atoms with Crippen molar-refractivity contribution in [2.45, 2.75) is 32.1 Å². The van der Waals surface area contributed by atoms with Crippen LogP contribution in [-0.2, 0) is 22.4 Å². The number of aliphatic carboxylic acids is 1. The van der Waals surface area contributed by atoms with Crippen LogP contribution in [0.1, 0.15) is 36.0 Å². The number of benzene rings is 2. The number of nitrogens with zero attached hydrogens (tertiary/aromatic N) is 2. The average molecular weight is 495 g/mol. The van der Waals surface area contributed by atoms with Crippen LogP contribution in [0.3, 0.4) is 0 Å². The predicted octanol–water partition coefficient (Wildman–Crippen LogP) is 3.63. The van der Waals surface area contributed by atoms with Crippen LogP contribution in [0.4, 0.5) is 0 Å². The summed E-state index contributed by atoms with van der Waals surface area (Å²) in [7, 11) is 4.85. The first-order valence-electron chi connectivity index (χ1n) is 12.3. The molecule has 1 amide bonds. The number of carboxylic acids is 1. The van der Waals surface area contributed by atoms with Gasteiger partial charge in [0.05, 0.1) is 27.8 Å². The van der Waals surface area contributed by atoms with E-state index in [0.717, 1.165) is 34.6 Å². The molecule has 0 aromatic heterocycles. The molecule has 2 heterocycles. The topological polar surface area (TPSA) is 97.7 Å². The highest BCUT2D eigenvalue weighted by Gasteiger charge is 2.34. The van der Waals surface area contributed by atoms with Crippen molar-refractivity contribution >= 4 is 17.6 Å². The van der Waals surface area contributed by atoms with Gasteiger partial charge in [-0.1, -0.05) is 12.1 Å². The largest absolute Gasteiger partial charge is 0.497 e. The molecule has 1 fully saturated rings. The molecule has 1 saturated heterocycles. The maximum atomic E-state index is 13.2. The van der Waals surface area contributed by atoms with E-state index in [1.807, 2.05) is 41.3 Å². The fourth-order valence-corrected chi connectivity index (χ4v) is 5.28. The Morgan fingerprint density at radius 1 is 1.03 bits per heavy atom. The minimum absolute atomic E-state index is 0.00691. The van der Waals surface area contributed by atoms with E-state index in [9.17, 15) is 14.7 Å². The number of aliphatic imine (C=N–C) groups is 1. The summed E-state index contributed by atoms with van der Waals surface area (Å²) in [5.41, 5.74) is 4.05. The van der Waals surface area contributed by atoms with Gasteiger partial charge in [0, 0.05) is 37.3 Å². The molecule has 0 spiro atoms. The molecule has 8 nitrogen and oxygen atoms in total. The fraction of sp³-hybridized carbons (Fsp3) is 0.464. The van der Waals surface area contributed by atoms with Crippen LogP contribution in [0.5, 0.6) is 17.2 Å². The molecule has 8 heteroatoms. The Balaban J connectivity index is 1.52. The zero-order valence-electron chi connectivity index (χ0n) is 21.2. The minimum atomic E-state index is -0.805. The number of hydrogen-bond donors (Lipinski definition) is 1. The smallest absolute Gasteiger partial charge is 0.303 e. The van der Waals surface area contributed by atoms with Crippen molar-refractivity contribution in [2.24, 2.45) is 16.8 Å². The summed E-state index contributed by atoms with van der Waals surface area (Å²) in [5.74, 6) is 1.33. The first kappa shape index (κ1) is 25.5. The van der Waals surface area contributed by atoms with E-state index in [4.69, 9.17) is 19.2 Å². The third-order valence-electron chi connectivity index (χ3n) is 7.25. The number of likely N-dealkylation sites (tertiary alicyclic amines) is 1. The molecular weight excluding hydrogens is 460 g/mol. The first-order chi connectivity index (χ1) is 17.4. The molecule has 0 unspecified atom stereocenters. The summed E-state index contributed by atoms with van der Waals surface area (Å²) in [5, 5.41) is 9.53. The second-order valence-electron chi connectivity index (χ2n) is 9.42. The molecule has 4 rings (SSSR count). The number of hydrogen-bond acceptors (Lipinski definition) is 6. The molecule has 2 aromatic carbocycles. The normalized spacial score (nSPS) is 19.2. The Bertz CT molecular complexity index is 1130. The van der Waals surface area contributed by atoms with Crippen LogP contribution in [0, 0.1) is 11.8 Å². The summed E-state index contributed by atoms with van der Waals surface area (Å²) in [6.07, 6.45) is 2.50. The lowest BCUT2D eigenvalue weighted by atomic mass is 9.78. The number of ether oxygens (including phenoxy) is 3. The van der Waals surface area contributed by atoms with Crippen molar-refractivity contribution in [3.05, 3.63) is 53.1 Å². The molecule has 0 radical (unpaired) electrons. The van der Waals surface area contributed by atoms with Crippen LogP contribution in [0.25, 0.3) is 0 Å². The van der Waals surface area contributed by atoms with Crippen molar-refractivity contribution in [3.8, 4) is 17.2 Å². The number of rotatable bonds is 9. The van der Waals surface area contributed by atoms with E-state index in [1.165, 1.54) is 0 Å². The molecule has 0 aliphatic carbocycles. The van der Waals surface area contributed by atoms with Gasteiger partial charge in [-0.25, -0.2) is 0 Å². The lowest BCUT2D eigenvalue weighted by Crippen LogP contribution is -2.45. The standard InChI is InChI=1S/C28H34N2O6/c1-34-22-6-4-18(5-7-22)12-27(31)30-11-9-19(15-28(32)33)21(17-30)13-24-23-16-26(36-3)25(35-2)14-20(23)8-10-29-24/h4-7,14,16,19,21H,8-13,15,17H2,1-3H3,(H,32,33)/t19-,21-/m0/s1. The van der Waals surface area contributed by atoms with Gasteiger partial charge < -0.3 is 24.2 Å². The van der Waals surface area contributed by atoms with Crippen LogP contribution >= 0.6 is 0 Å². The Kier molecular flexibility index (Phi) is 8.13. The van der Waals surface area contributed by atoms with Crippen LogP contribution in [-0.4, -0.2) is 68.6 Å². The highest BCUT2D eigenvalue weighted by atomic mass is 16.5. The molecular formula is C28H34N2O6. The summed E-state index contributed by atoms with van der Waals surface area (Å²) in [6.45, 7) is 1.76. The molecule has 0 bridgehead atoms. The van der Waals surface area contributed by atoms with Gasteiger partial charge in [-0.05, 0) is 66.5 Å². The SMILES string of the molecule is COc1ccc(CC(=O)N2CC[C@@H](CC(=O)O)[C@@H](CC3=NCCc4cc(OC)c(OC)cc43)C2)cc1. The van der Waals surface area contributed by atoms with Gasteiger partial charge in [-0.3, -0.25) is 14.6 Å². The Morgan fingerprint density at radius 3 is 2.42 bits per heavy atom. The number of carboxylic acid groups (broad SMARTS) is 1. The lowest BCUT2D eigenvalue weighted by Gasteiger charge is -2.39. The average Bonchev–Trinajstić information content (AvgIpc) is 2.89. The van der Waals surface area contributed by atoms with E-state index in [2.05, 4.69) is 0 Å². The van der Waals surface area contributed by atoms with Crippen molar-refractivity contribution in [2.75, 3.05) is 41.0 Å². The maximum absolute atomic E-state index is 13.2. The van der Waals surface area contributed by atoms with E-state index in [1.54, 1.807) is 21.3 Å². The van der Waals surface area contributed by atoms with Crippen molar-refractivity contribution in [1.82, 2.24) is 4.90 Å². The number of piperidine rings is 1. The van der Waals surface area contributed by atoms with Crippen molar-refractivity contribution in [1.29, 1.82) is 0 Å². The Labute approximate surface area is 211 Å². The summed E-state index contributed by atoms with van der Waals surface area (Å²) in [4.78, 5) is 31.5. The van der Waals surface area contributed by atoms with Crippen LogP contribution in [0.15, 0.2) is 41.4 Å². The van der Waals surface area contributed by atoms with Crippen LogP contribution in [0.2, 0.25) is 0 Å². The lowest BCUT2D eigenvalue weighted by molar-refractivity contribution is -0.139. The summed E-state index contributed by atoms with van der Waals surface area (Å²) >= 11 is 0.